The van der Waals surface area contributed by atoms with E-state index in [0.717, 1.165) is 5.56 Å². The quantitative estimate of drug-likeness (QED) is 0.769. The lowest BCUT2D eigenvalue weighted by Crippen LogP contribution is -2.46. The molecule has 7 nitrogen and oxygen atoms in total. The number of fused-ring (bicyclic) bond motifs is 2. The van der Waals surface area contributed by atoms with Gasteiger partial charge in [-0.05, 0) is 30.2 Å². The second-order valence-electron chi connectivity index (χ2n) is 7.17. The van der Waals surface area contributed by atoms with E-state index in [9.17, 15) is 13.2 Å². The Kier molecular flexibility index (Phi) is 5.07. The number of nitrogens with zero attached hydrogens (tertiary/aromatic N) is 3. The molecule has 1 aromatic heterocycles. The Morgan fingerprint density at radius 1 is 1.18 bits per heavy atom. The maximum atomic E-state index is 13.6. The molecule has 0 radical (unpaired) electrons. The molecule has 8 heteroatoms. The van der Waals surface area contributed by atoms with Crippen molar-refractivity contribution < 1.29 is 17.9 Å². The Morgan fingerprint density at radius 3 is 2.71 bits per heavy atom. The number of sulfonamides is 1. The zero-order chi connectivity index (χ0) is 19.7. The summed E-state index contributed by atoms with van der Waals surface area (Å²) in [4.78, 5) is 17.9. The first-order chi connectivity index (χ1) is 13.5. The van der Waals surface area contributed by atoms with Crippen molar-refractivity contribution in [3.8, 4) is 5.75 Å². The van der Waals surface area contributed by atoms with Crippen LogP contribution in [0.15, 0.2) is 53.7 Å². The van der Waals surface area contributed by atoms with E-state index in [-0.39, 0.29) is 29.5 Å². The average molecular weight is 401 g/mol. The van der Waals surface area contributed by atoms with Crippen LogP contribution in [0.25, 0.3) is 0 Å². The summed E-state index contributed by atoms with van der Waals surface area (Å²) >= 11 is 0. The summed E-state index contributed by atoms with van der Waals surface area (Å²) in [6.07, 6.45) is 4.13. The third-order valence-corrected chi connectivity index (χ3v) is 7.31. The van der Waals surface area contributed by atoms with Gasteiger partial charge in [-0.3, -0.25) is 9.78 Å². The summed E-state index contributed by atoms with van der Waals surface area (Å²) < 4.78 is 34.8. The van der Waals surface area contributed by atoms with Crippen LogP contribution in [-0.4, -0.2) is 53.7 Å². The Morgan fingerprint density at radius 2 is 1.96 bits per heavy atom. The second kappa shape index (κ2) is 7.52. The summed E-state index contributed by atoms with van der Waals surface area (Å²) in [6, 6.07) is 10.1. The number of ether oxygens (including phenoxy) is 1. The minimum absolute atomic E-state index is 0.00136. The molecule has 2 aliphatic heterocycles. The molecule has 28 heavy (non-hydrogen) atoms. The number of benzene rings is 1. The number of hydrogen-bond donors (Lipinski definition) is 0. The highest BCUT2D eigenvalue weighted by Crippen LogP contribution is 2.37. The molecular formula is C20H23N3O4S. The van der Waals surface area contributed by atoms with Crippen molar-refractivity contribution >= 4 is 15.9 Å². The molecule has 1 saturated heterocycles. The molecule has 0 aliphatic carbocycles. The van der Waals surface area contributed by atoms with E-state index in [4.69, 9.17) is 4.74 Å². The number of hydrogen-bond acceptors (Lipinski definition) is 5. The summed E-state index contributed by atoms with van der Waals surface area (Å²) in [5.74, 6) is 0.376. The number of pyridine rings is 1. The summed E-state index contributed by atoms with van der Waals surface area (Å²) in [6.45, 7) is 2.82. The second-order valence-corrected chi connectivity index (χ2v) is 9.02. The van der Waals surface area contributed by atoms with E-state index >= 15 is 0 Å². The molecule has 0 N–H and O–H groups in total. The lowest BCUT2D eigenvalue weighted by Gasteiger charge is -2.31. The van der Waals surface area contributed by atoms with Crippen LogP contribution in [0.5, 0.6) is 5.75 Å². The molecule has 1 aromatic carbocycles. The molecule has 2 aromatic rings. The van der Waals surface area contributed by atoms with Crippen molar-refractivity contribution in [2.24, 2.45) is 0 Å². The van der Waals surface area contributed by atoms with Gasteiger partial charge < -0.3 is 9.64 Å². The molecule has 1 amide bonds. The topological polar surface area (TPSA) is 79.8 Å². The van der Waals surface area contributed by atoms with E-state index in [0.29, 0.717) is 31.7 Å². The lowest BCUT2D eigenvalue weighted by molar-refractivity contribution is -0.128. The summed E-state index contributed by atoms with van der Waals surface area (Å²) in [5, 5.41) is 0. The fraction of sp³-hybridized carbons (Fsp3) is 0.400. The molecule has 148 valence electrons. The van der Waals surface area contributed by atoms with Gasteiger partial charge in [0.2, 0.25) is 15.9 Å². The van der Waals surface area contributed by atoms with E-state index in [1.54, 1.807) is 54.5 Å². The number of amides is 1. The molecule has 2 atom stereocenters. The first-order valence-electron chi connectivity index (χ1n) is 9.39. The van der Waals surface area contributed by atoms with Gasteiger partial charge in [-0.15, -0.1) is 0 Å². The predicted octanol–water partition coefficient (Wildman–Crippen LogP) is 2.04. The smallest absolute Gasteiger partial charge is 0.247 e. The van der Waals surface area contributed by atoms with Crippen LogP contribution < -0.4 is 4.74 Å². The Hall–Kier alpha value is -2.45. The standard InChI is InChI=1S/C20H23N3O4S/c1-15(24)22-11-8-17-18(9-12-22)27-19-6-2-3-7-20(19)28(25,26)23(17)14-16-5-4-10-21-13-16/h2-7,10,13,17-18H,8-9,11-12,14H2,1H3/t17-,18-/m1/s1. The fourth-order valence-electron chi connectivity index (χ4n) is 3.95. The van der Waals surface area contributed by atoms with Crippen molar-refractivity contribution in [2.45, 2.75) is 43.4 Å². The number of carbonyl (C=O) groups excluding carboxylic acids is 1. The van der Waals surface area contributed by atoms with Gasteiger partial charge >= 0.3 is 0 Å². The molecule has 1 fully saturated rings. The van der Waals surface area contributed by atoms with E-state index < -0.39 is 10.0 Å². The van der Waals surface area contributed by atoms with Crippen molar-refractivity contribution in [2.75, 3.05) is 13.1 Å². The Balaban J connectivity index is 1.78. The maximum absolute atomic E-state index is 13.6. The minimum Gasteiger partial charge on any atom is -0.487 e. The molecule has 3 heterocycles. The van der Waals surface area contributed by atoms with Gasteiger partial charge in [-0.1, -0.05) is 18.2 Å². The molecule has 0 spiro atoms. The van der Waals surface area contributed by atoms with E-state index in [1.165, 1.54) is 4.31 Å². The van der Waals surface area contributed by atoms with Gasteiger partial charge in [0.1, 0.15) is 16.7 Å². The number of para-hydroxylation sites is 1. The van der Waals surface area contributed by atoms with E-state index in [1.807, 2.05) is 6.07 Å². The largest absolute Gasteiger partial charge is 0.487 e. The van der Waals surface area contributed by atoms with Gasteiger partial charge in [-0.2, -0.15) is 4.31 Å². The van der Waals surface area contributed by atoms with Crippen LogP contribution in [0, 0.1) is 0 Å². The van der Waals surface area contributed by atoms with Crippen LogP contribution in [0.3, 0.4) is 0 Å². The van der Waals surface area contributed by atoms with Crippen LogP contribution in [0.4, 0.5) is 0 Å². The van der Waals surface area contributed by atoms with Gasteiger partial charge in [0.05, 0.1) is 6.04 Å². The molecule has 0 unspecified atom stereocenters. The normalized spacial score (nSPS) is 24.2. The van der Waals surface area contributed by atoms with Crippen molar-refractivity contribution in [1.29, 1.82) is 0 Å². The van der Waals surface area contributed by atoms with Crippen LogP contribution in [0.1, 0.15) is 25.3 Å². The SMILES string of the molecule is CC(=O)N1CC[C@@H]2[C@@H](CC1)Oc1ccccc1S(=O)(=O)N2Cc1cccnc1. The lowest BCUT2D eigenvalue weighted by atomic mass is 10.1. The first kappa shape index (κ1) is 18.9. The highest BCUT2D eigenvalue weighted by molar-refractivity contribution is 7.89. The Bertz CT molecular complexity index is 964. The first-order valence-corrected chi connectivity index (χ1v) is 10.8. The number of aromatic nitrogens is 1. The number of rotatable bonds is 2. The highest BCUT2D eigenvalue weighted by atomic mass is 32.2. The van der Waals surface area contributed by atoms with Crippen LogP contribution >= 0.6 is 0 Å². The molecule has 0 bridgehead atoms. The zero-order valence-electron chi connectivity index (χ0n) is 15.7. The van der Waals surface area contributed by atoms with Crippen molar-refractivity contribution in [1.82, 2.24) is 14.2 Å². The monoisotopic (exact) mass is 401 g/mol. The van der Waals surface area contributed by atoms with Gasteiger partial charge in [0.15, 0.2) is 0 Å². The third kappa shape index (κ3) is 3.49. The highest BCUT2D eigenvalue weighted by Gasteiger charge is 2.43. The maximum Gasteiger partial charge on any atom is 0.247 e. The zero-order valence-corrected chi connectivity index (χ0v) is 16.5. The molecule has 4 rings (SSSR count). The number of carbonyl (C=O) groups is 1. The summed E-state index contributed by atoms with van der Waals surface area (Å²) in [5.41, 5.74) is 0.817. The molecule has 0 saturated carbocycles. The van der Waals surface area contributed by atoms with Crippen molar-refractivity contribution in [3.63, 3.8) is 0 Å². The molecular weight excluding hydrogens is 378 g/mol. The number of likely N-dealkylation sites (tertiary alicyclic amines) is 1. The summed E-state index contributed by atoms with van der Waals surface area (Å²) in [7, 11) is -3.76. The third-order valence-electron chi connectivity index (χ3n) is 5.40. The fourth-order valence-corrected chi connectivity index (χ4v) is 5.74. The van der Waals surface area contributed by atoms with Gasteiger partial charge in [0, 0.05) is 45.4 Å². The molecule has 2 aliphatic rings. The van der Waals surface area contributed by atoms with Crippen molar-refractivity contribution in [3.05, 3.63) is 54.4 Å². The average Bonchev–Trinajstić information content (AvgIpc) is 2.93. The predicted molar refractivity (Wildman–Crippen MR) is 103 cm³/mol. The van der Waals surface area contributed by atoms with Crippen LogP contribution in [-0.2, 0) is 21.4 Å². The van der Waals surface area contributed by atoms with Gasteiger partial charge in [0.25, 0.3) is 0 Å². The minimum atomic E-state index is -3.76. The van der Waals surface area contributed by atoms with Crippen LogP contribution in [0.2, 0.25) is 0 Å². The van der Waals surface area contributed by atoms with E-state index in [2.05, 4.69) is 4.98 Å². The Labute approximate surface area is 165 Å². The van der Waals surface area contributed by atoms with Gasteiger partial charge in [-0.25, -0.2) is 8.42 Å².